The van der Waals surface area contributed by atoms with Crippen LogP contribution in [0.2, 0.25) is 0 Å². The summed E-state index contributed by atoms with van der Waals surface area (Å²) < 4.78 is 27.9. The van der Waals surface area contributed by atoms with Crippen molar-refractivity contribution < 1.29 is 13.2 Å². The van der Waals surface area contributed by atoms with E-state index in [0.717, 1.165) is 11.3 Å². The number of methoxy groups -OCH3 is 1. The fourth-order valence-corrected chi connectivity index (χ4v) is 4.70. The number of sulfone groups is 1. The highest BCUT2D eigenvalue weighted by atomic mass is 35.5. The second kappa shape index (κ2) is 4.26. The predicted octanol–water partition coefficient (Wildman–Crippen LogP) is 1.81. The Hall–Kier alpha value is -0.740. The van der Waals surface area contributed by atoms with Gasteiger partial charge in [0.05, 0.1) is 24.0 Å². The van der Waals surface area contributed by atoms with Crippen LogP contribution in [0.3, 0.4) is 0 Å². The maximum atomic E-state index is 11.4. The van der Waals surface area contributed by atoms with Crippen LogP contribution in [0, 0.1) is 0 Å². The van der Waals surface area contributed by atoms with Gasteiger partial charge in [-0.1, -0.05) is 12.1 Å². The third kappa shape index (κ3) is 2.33. The number of alkyl halides is 1. The number of hydrogen-bond acceptors (Lipinski definition) is 3. The van der Waals surface area contributed by atoms with Crippen LogP contribution in [0.5, 0.6) is 5.75 Å². The summed E-state index contributed by atoms with van der Waals surface area (Å²) in [4.78, 5) is 0. The molecule has 1 fully saturated rings. The van der Waals surface area contributed by atoms with Crippen LogP contribution in [0.4, 0.5) is 0 Å². The molecule has 0 aliphatic carbocycles. The van der Waals surface area contributed by atoms with Crippen LogP contribution >= 0.6 is 11.6 Å². The molecule has 3 nitrogen and oxygen atoms in total. The van der Waals surface area contributed by atoms with Crippen LogP contribution in [-0.2, 0) is 9.84 Å². The molecule has 0 N–H and O–H groups in total. The molecule has 1 aliphatic rings. The quantitative estimate of drug-likeness (QED) is 0.762. The van der Waals surface area contributed by atoms with Gasteiger partial charge in [-0.3, -0.25) is 0 Å². The average molecular weight is 261 g/mol. The Morgan fingerprint density at radius 3 is 2.31 bits per heavy atom. The molecule has 16 heavy (non-hydrogen) atoms. The van der Waals surface area contributed by atoms with Gasteiger partial charge >= 0.3 is 0 Å². The van der Waals surface area contributed by atoms with Crippen molar-refractivity contribution in [3.8, 4) is 5.75 Å². The molecule has 0 amide bonds. The fourth-order valence-electron chi connectivity index (χ4n) is 1.96. The summed E-state index contributed by atoms with van der Waals surface area (Å²) >= 11 is 6.06. The van der Waals surface area contributed by atoms with Gasteiger partial charge in [0, 0.05) is 5.92 Å². The largest absolute Gasteiger partial charge is 0.497 e. The van der Waals surface area contributed by atoms with Crippen molar-refractivity contribution in [2.75, 3.05) is 18.6 Å². The zero-order valence-electron chi connectivity index (χ0n) is 8.89. The number of hydrogen-bond donors (Lipinski definition) is 0. The molecular formula is C11H13ClO3S. The Balaban J connectivity index is 2.24. The Labute approximate surface area is 100 Å². The molecule has 1 saturated heterocycles. The van der Waals surface area contributed by atoms with Crippen molar-refractivity contribution in [2.24, 2.45) is 0 Å². The molecule has 1 aromatic carbocycles. The Bertz CT molecular complexity index is 467. The zero-order valence-corrected chi connectivity index (χ0v) is 10.5. The minimum Gasteiger partial charge on any atom is -0.497 e. The molecule has 2 atom stereocenters. The van der Waals surface area contributed by atoms with Crippen molar-refractivity contribution in [2.45, 2.75) is 11.3 Å². The Morgan fingerprint density at radius 2 is 1.88 bits per heavy atom. The SMILES string of the molecule is COc1ccc([C@@H]2CS(=O)(=O)C[C@H]2Cl)cc1. The Kier molecular flexibility index (Phi) is 3.13. The molecule has 5 heteroatoms. The van der Waals surface area contributed by atoms with E-state index in [1.54, 1.807) is 7.11 Å². The van der Waals surface area contributed by atoms with Gasteiger partial charge in [0.25, 0.3) is 0 Å². The first kappa shape index (κ1) is 11.7. The highest BCUT2D eigenvalue weighted by Crippen LogP contribution is 2.33. The van der Waals surface area contributed by atoms with Crippen LogP contribution in [0.15, 0.2) is 24.3 Å². The van der Waals surface area contributed by atoms with E-state index in [1.807, 2.05) is 24.3 Å². The van der Waals surface area contributed by atoms with Crippen molar-refractivity contribution in [3.05, 3.63) is 29.8 Å². The van der Waals surface area contributed by atoms with Gasteiger partial charge in [0.15, 0.2) is 9.84 Å². The minimum absolute atomic E-state index is 0.0747. The summed E-state index contributed by atoms with van der Waals surface area (Å²) in [6.45, 7) is 0. The van der Waals surface area contributed by atoms with Gasteiger partial charge in [-0.05, 0) is 17.7 Å². The Morgan fingerprint density at radius 1 is 1.25 bits per heavy atom. The molecule has 1 aliphatic heterocycles. The number of rotatable bonds is 2. The van der Waals surface area contributed by atoms with E-state index in [9.17, 15) is 8.42 Å². The lowest BCUT2D eigenvalue weighted by Crippen LogP contribution is -2.09. The number of benzene rings is 1. The van der Waals surface area contributed by atoms with E-state index in [0.29, 0.717) is 0 Å². The van der Waals surface area contributed by atoms with E-state index >= 15 is 0 Å². The first-order chi connectivity index (χ1) is 7.52. The smallest absolute Gasteiger partial charge is 0.152 e. The van der Waals surface area contributed by atoms with Crippen LogP contribution in [0.1, 0.15) is 11.5 Å². The van der Waals surface area contributed by atoms with Gasteiger partial charge < -0.3 is 4.74 Å². The molecule has 0 aromatic heterocycles. The van der Waals surface area contributed by atoms with E-state index in [2.05, 4.69) is 0 Å². The summed E-state index contributed by atoms with van der Waals surface area (Å²) in [5.74, 6) is 0.881. The maximum absolute atomic E-state index is 11.4. The minimum atomic E-state index is -2.97. The van der Waals surface area contributed by atoms with Crippen molar-refractivity contribution in [3.63, 3.8) is 0 Å². The molecule has 1 aromatic rings. The normalized spacial score (nSPS) is 27.9. The van der Waals surface area contributed by atoms with Gasteiger partial charge in [-0.15, -0.1) is 11.6 Å². The van der Waals surface area contributed by atoms with Gasteiger partial charge in [0.2, 0.25) is 0 Å². The topological polar surface area (TPSA) is 43.4 Å². The third-order valence-electron chi connectivity index (χ3n) is 2.83. The zero-order chi connectivity index (χ0) is 11.8. The fraction of sp³-hybridized carbons (Fsp3) is 0.455. The summed E-state index contributed by atoms with van der Waals surface area (Å²) in [5, 5.41) is -0.321. The molecule has 2 rings (SSSR count). The second-order valence-corrected chi connectivity index (χ2v) is 6.69. The van der Waals surface area contributed by atoms with Crippen molar-refractivity contribution in [1.82, 2.24) is 0 Å². The van der Waals surface area contributed by atoms with Gasteiger partial charge in [0.1, 0.15) is 5.75 Å². The molecule has 1 heterocycles. The lowest BCUT2D eigenvalue weighted by molar-refractivity contribution is 0.414. The van der Waals surface area contributed by atoms with E-state index < -0.39 is 9.84 Å². The predicted molar refractivity (Wildman–Crippen MR) is 64.0 cm³/mol. The molecule has 0 spiro atoms. The van der Waals surface area contributed by atoms with Crippen LogP contribution in [-0.4, -0.2) is 32.4 Å². The van der Waals surface area contributed by atoms with Gasteiger partial charge in [-0.2, -0.15) is 0 Å². The summed E-state index contributed by atoms with van der Waals surface area (Å²) in [5.41, 5.74) is 0.960. The van der Waals surface area contributed by atoms with E-state index in [1.165, 1.54) is 0 Å². The number of ether oxygens (including phenoxy) is 1. The summed E-state index contributed by atoms with van der Waals surface area (Å²) in [6, 6.07) is 7.40. The van der Waals surface area contributed by atoms with E-state index in [4.69, 9.17) is 16.3 Å². The lowest BCUT2D eigenvalue weighted by atomic mass is 9.98. The first-order valence-corrected chi connectivity index (χ1v) is 7.26. The maximum Gasteiger partial charge on any atom is 0.152 e. The second-order valence-electron chi connectivity index (χ2n) is 3.97. The molecule has 0 radical (unpaired) electrons. The first-order valence-electron chi connectivity index (χ1n) is 5.00. The monoisotopic (exact) mass is 260 g/mol. The lowest BCUT2D eigenvalue weighted by Gasteiger charge is -2.12. The molecular weight excluding hydrogens is 248 g/mol. The summed E-state index contributed by atoms with van der Waals surface area (Å²) in [7, 11) is -1.38. The van der Waals surface area contributed by atoms with Crippen molar-refractivity contribution in [1.29, 1.82) is 0 Å². The summed E-state index contributed by atoms with van der Waals surface area (Å²) in [6.07, 6.45) is 0. The standard InChI is InChI=1S/C11H13ClO3S/c1-15-9-4-2-8(3-5-9)10-6-16(13,14)7-11(10)12/h2-5,10-11H,6-7H2,1H3/t10-,11+/m0/s1. The van der Waals surface area contributed by atoms with Gasteiger partial charge in [-0.25, -0.2) is 8.42 Å². The third-order valence-corrected chi connectivity index (χ3v) is 5.20. The molecule has 0 unspecified atom stereocenters. The van der Waals surface area contributed by atoms with E-state index in [-0.39, 0.29) is 22.8 Å². The highest BCUT2D eigenvalue weighted by Gasteiger charge is 2.37. The highest BCUT2D eigenvalue weighted by molar-refractivity contribution is 7.91. The molecule has 0 saturated carbocycles. The molecule has 88 valence electrons. The molecule has 0 bridgehead atoms. The van der Waals surface area contributed by atoms with Crippen LogP contribution < -0.4 is 4.74 Å². The number of halogens is 1. The van der Waals surface area contributed by atoms with Crippen LogP contribution in [0.25, 0.3) is 0 Å². The van der Waals surface area contributed by atoms with Crippen molar-refractivity contribution >= 4 is 21.4 Å². The average Bonchev–Trinajstić information content (AvgIpc) is 2.52.